The highest BCUT2D eigenvalue weighted by Gasteiger charge is 2.27. The van der Waals surface area contributed by atoms with E-state index in [2.05, 4.69) is 55.6 Å². The van der Waals surface area contributed by atoms with E-state index in [1.165, 1.54) is 154 Å². The number of aliphatic hydroxyl groups excluding tert-OH is 2. The average Bonchev–Trinajstić information content (AvgIpc) is 3.23. The van der Waals surface area contributed by atoms with Gasteiger partial charge < -0.3 is 26.2 Å². The second-order valence-electron chi connectivity index (χ2n) is 16.9. The first-order chi connectivity index (χ1) is 29.3. The Labute approximate surface area is 369 Å². The Morgan fingerprint density at radius 1 is 0.583 bits per heavy atom. The number of allylic oxidation sites excluding steroid dienone is 7. The fourth-order valence-corrected chi connectivity index (χ4v) is 7.94. The number of rotatable bonds is 46. The van der Waals surface area contributed by atoms with Gasteiger partial charge in [-0.15, -0.1) is 0 Å². The Balaban J connectivity index is 4.28. The van der Waals surface area contributed by atoms with Gasteiger partial charge in [-0.25, -0.2) is 4.57 Å². The molecule has 6 N–H and O–H groups in total. The summed E-state index contributed by atoms with van der Waals surface area (Å²) in [5.74, 6) is -0.459. The lowest BCUT2D eigenvalue weighted by Crippen LogP contribution is -2.46. The normalized spacial score (nSPS) is 14.8. The number of aliphatic hydroxyl groups is 2. The van der Waals surface area contributed by atoms with Crippen molar-refractivity contribution < 1.29 is 33.5 Å². The molecule has 0 radical (unpaired) electrons. The standard InChI is InChI=1S/C50H95N2O7P/c1-3-5-7-9-11-13-15-17-19-21-22-23-24-26-28-30-32-34-36-38-40-42-49(54)48(46-59-60(56,57)58-44-43-51)52-50(55)45-47(53)41-39-37-35-33-31-29-27-25-20-18-16-14-12-10-8-6-4-2/h12,14,16,18,32,34,40,42,47-49,53-54H,3-11,13,15,17,19-31,33,35-39,41,43-46,51H2,1-2H3,(H,52,55)(H,56,57)/b14-12-,18-16-,34-32+,42-40+. The molecule has 0 aromatic heterocycles. The molecule has 60 heavy (non-hydrogen) atoms. The maximum atomic E-state index is 12.9. The van der Waals surface area contributed by atoms with Crippen LogP contribution in [0.3, 0.4) is 0 Å². The smallest absolute Gasteiger partial charge is 0.393 e. The fraction of sp³-hybridized carbons (Fsp3) is 0.820. The molecule has 0 aliphatic carbocycles. The van der Waals surface area contributed by atoms with E-state index < -0.39 is 38.6 Å². The first-order valence-corrected chi connectivity index (χ1v) is 26.4. The van der Waals surface area contributed by atoms with Crippen LogP contribution in [-0.4, -0.2) is 59.0 Å². The van der Waals surface area contributed by atoms with Crippen LogP contribution in [0.4, 0.5) is 0 Å². The van der Waals surface area contributed by atoms with Gasteiger partial charge in [0.15, 0.2) is 0 Å². The highest BCUT2D eigenvalue weighted by molar-refractivity contribution is 7.47. The van der Waals surface area contributed by atoms with Gasteiger partial charge in [-0.05, 0) is 57.8 Å². The molecule has 0 aliphatic rings. The van der Waals surface area contributed by atoms with E-state index in [1.54, 1.807) is 6.08 Å². The Bertz CT molecular complexity index is 1100. The van der Waals surface area contributed by atoms with Gasteiger partial charge in [0.25, 0.3) is 0 Å². The van der Waals surface area contributed by atoms with E-state index in [0.717, 1.165) is 38.5 Å². The van der Waals surface area contributed by atoms with Crippen molar-refractivity contribution in [3.05, 3.63) is 48.6 Å². The number of phosphoric acid groups is 1. The molecule has 9 nitrogen and oxygen atoms in total. The van der Waals surface area contributed by atoms with Crippen molar-refractivity contribution in [3.8, 4) is 0 Å². The summed E-state index contributed by atoms with van der Waals surface area (Å²) in [4.78, 5) is 22.8. The van der Waals surface area contributed by atoms with Crippen LogP contribution < -0.4 is 11.1 Å². The Morgan fingerprint density at radius 2 is 1.00 bits per heavy atom. The van der Waals surface area contributed by atoms with Gasteiger partial charge in [0.1, 0.15) is 0 Å². The van der Waals surface area contributed by atoms with Crippen LogP contribution >= 0.6 is 7.82 Å². The van der Waals surface area contributed by atoms with Crippen molar-refractivity contribution in [2.24, 2.45) is 5.73 Å². The predicted octanol–water partition coefficient (Wildman–Crippen LogP) is 13.4. The molecule has 0 fully saturated rings. The molecule has 0 aliphatic heterocycles. The van der Waals surface area contributed by atoms with Crippen LogP contribution in [0.5, 0.6) is 0 Å². The van der Waals surface area contributed by atoms with Gasteiger partial charge in [0.05, 0.1) is 37.9 Å². The Kier molecular flexibility index (Phi) is 44.2. The van der Waals surface area contributed by atoms with E-state index in [9.17, 15) is 24.5 Å². The molecule has 0 heterocycles. The van der Waals surface area contributed by atoms with Crippen LogP contribution in [-0.2, 0) is 18.4 Å². The third-order valence-electron chi connectivity index (χ3n) is 11.0. The number of amides is 1. The number of nitrogens with one attached hydrogen (secondary N) is 1. The van der Waals surface area contributed by atoms with Crippen molar-refractivity contribution in [1.82, 2.24) is 5.32 Å². The molecule has 0 bridgehead atoms. The van der Waals surface area contributed by atoms with E-state index in [-0.39, 0.29) is 19.6 Å². The maximum Gasteiger partial charge on any atom is 0.472 e. The monoisotopic (exact) mass is 867 g/mol. The van der Waals surface area contributed by atoms with Crippen LogP contribution in [0, 0.1) is 0 Å². The van der Waals surface area contributed by atoms with Crippen molar-refractivity contribution in [1.29, 1.82) is 0 Å². The minimum absolute atomic E-state index is 0.0427. The van der Waals surface area contributed by atoms with Gasteiger partial charge in [0.2, 0.25) is 5.91 Å². The summed E-state index contributed by atoms with van der Waals surface area (Å²) in [7, 11) is -4.41. The van der Waals surface area contributed by atoms with Crippen LogP contribution in [0.15, 0.2) is 48.6 Å². The summed E-state index contributed by atoms with van der Waals surface area (Å²) >= 11 is 0. The van der Waals surface area contributed by atoms with Gasteiger partial charge >= 0.3 is 7.82 Å². The second-order valence-corrected chi connectivity index (χ2v) is 18.3. The fourth-order valence-electron chi connectivity index (χ4n) is 7.18. The lowest BCUT2D eigenvalue weighted by atomic mass is 10.0. The van der Waals surface area contributed by atoms with E-state index in [4.69, 9.17) is 14.8 Å². The molecule has 0 rings (SSSR count). The Hall–Kier alpha value is -1.58. The number of hydrogen-bond donors (Lipinski definition) is 5. The SMILES string of the molecule is CCCCC/C=C\C=C/CCCCCCCCCCC(O)CC(=O)NC(COP(=O)(O)OCCN)C(O)/C=C/CC/C=C/CCCCCCCCCCCCCCCCC. The minimum atomic E-state index is -4.41. The zero-order valence-electron chi connectivity index (χ0n) is 38.8. The zero-order chi connectivity index (χ0) is 44.0. The maximum absolute atomic E-state index is 12.9. The predicted molar refractivity (Wildman–Crippen MR) is 255 cm³/mol. The molecule has 0 aromatic rings. The summed E-state index contributed by atoms with van der Waals surface area (Å²) in [6.45, 7) is 3.94. The highest BCUT2D eigenvalue weighted by Crippen LogP contribution is 2.43. The van der Waals surface area contributed by atoms with Crippen molar-refractivity contribution in [2.45, 2.75) is 244 Å². The molecule has 0 aromatic carbocycles. The van der Waals surface area contributed by atoms with Crippen LogP contribution in [0.1, 0.15) is 226 Å². The summed E-state index contributed by atoms with van der Waals surface area (Å²) in [6.07, 6.45) is 53.4. The van der Waals surface area contributed by atoms with Crippen molar-refractivity contribution >= 4 is 13.7 Å². The number of nitrogens with two attached hydrogens (primary N) is 1. The Morgan fingerprint density at radius 3 is 1.52 bits per heavy atom. The highest BCUT2D eigenvalue weighted by atomic mass is 31.2. The zero-order valence-corrected chi connectivity index (χ0v) is 39.7. The molecule has 4 atom stereocenters. The summed E-state index contributed by atoms with van der Waals surface area (Å²) in [5, 5.41) is 24.1. The molecule has 10 heteroatoms. The number of carbonyl (C=O) groups is 1. The molecule has 0 saturated carbocycles. The molecule has 4 unspecified atom stereocenters. The number of unbranched alkanes of at least 4 members (excludes halogenated alkanes) is 27. The summed E-state index contributed by atoms with van der Waals surface area (Å²) in [5.41, 5.74) is 5.38. The summed E-state index contributed by atoms with van der Waals surface area (Å²) < 4.78 is 22.1. The lowest BCUT2D eigenvalue weighted by Gasteiger charge is -2.24. The number of phosphoric ester groups is 1. The molecular formula is C50H95N2O7P. The van der Waals surface area contributed by atoms with Crippen molar-refractivity contribution in [2.75, 3.05) is 19.8 Å². The first-order valence-electron chi connectivity index (χ1n) is 24.9. The van der Waals surface area contributed by atoms with E-state index in [1.807, 2.05) is 6.08 Å². The summed E-state index contributed by atoms with van der Waals surface area (Å²) in [6, 6.07) is -1.00. The minimum Gasteiger partial charge on any atom is -0.393 e. The van der Waals surface area contributed by atoms with Crippen LogP contribution in [0.2, 0.25) is 0 Å². The van der Waals surface area contributed by atoms with E-state index in [0.29, 0.717) is 12.8 Å². The van der Waals surface area contributed by atoms with Gasteiger partial charge in [-0.3, -0.25) is 13.8 Å². The number of hydrogen-bond acceptors (Lipinski definition) is 7. The van der Waals surface area contributed by atoms with Gasteiger partial charge in [-0.2, -0.15) is 0 Å². The largest absolute Gasteiger partial charge is 0.472 e. The second kappa shape index (κ2) is 45.4. The molecule has 352 valence electrons. The molecule has 0 saturated heterocycles. The molecular weight excluding hydrogens is 772 g/mol. The quantitative estimate of drug-likeness (QED) is 0.0176. The third-order valence-corrected chi connectivity index (χ3v) is 11.9. The van der Waals surface area contributed by atoms with Gasteiger partial charge in [-0.1, -0.05) is 210 Å². The molecule has 1 amide bonds. The third kappa shape index (κ3) is 43.1. The number of carbonyl (C=O) groups excluding carboxylic acids is 1. The van der Waals surface area contributed by atoms with Crippen molar-refractivity contribution in [3.63, 3.8) is 0 Å². The van der Waals surface area contributed by atoms with Gasteiger partial charge in [0, 0.05) is 6.54 Å². The first kappa shape index (κ1) is 58.4. The van der Waals surface area contributed by atoms with Crippen LogP contribution in [0.25, 0.3) is 0 Å². The molecule has 0 spiro atoms. The lowest BCUT2D eigenvalue weighted by molar-refractivity contribution is -0.124. The average molecular weight is 867 g/mol. The van der Waals surface area contributed by atoms with E-state index >= 15 is 0 Å². The topological polar surface area (TPSA) is 151 Å².